The number of amides is 2. The Bertz CT molecular complexity index is 1250. The number of hydrogen-bond acceptors (Lipinski definition) is 7. The van der Waals surface area contributed by atoms with Gasteiger partial charge in [-0.25, -0.2) is 0 Å². The maximum atomic E-state index is 13.7. The smallest absolute Gasteiger partial charge is 0.247 e. The fraction of sp³-hybridized carbons (Fsp3) is 0.438. The molecule has 0 spiro atoms. The van der Waals surface area contributed by atoms with Gasteiger partial charge in [0.1, 0.15) is 12.2 Å². The van der Waals surface area contributed by atoms with Gasteiger partial charge in [0.25, 0.3) is 0 Å². The van der Waals surface area contributed by atoms with Gasteiger partial charge < -0.3 is 35.0 Å². The first-order valence-corrected chi connectivity index (χ1v) is 15.2. The number of aliphatic hydroxyl groups is 3. The van der Waals surface area contributed by atoms with Gasteiger partial charge in [0.05, 0.1) is 29.9 Å². The molecular weight excluding hydrogens is 651 g/mol. The first kappa shape index (κ1) is 33.6. The number of rotatable bonds is 15. The molecule has 2 aromatic carbocycles. The van der Waals surface area contributed by atoms with Crippen LogP contribution >= 0.6 is 22.6 Å². The molecule has 10 heteroatoms. The van der Waals surface area contributed by atoms with Crippen LogP contribution in [0.1, 0.15) is 48.8 Å². The van der Waals surface area contributed by atoms with Crippen molar-refractivity contribution in [3.63, 3.8) is 0 Å². The summed E-state index contributed by atoms with van der Waals surface area (Å²) in [6.07, 6.45) is 3.94. The maximum absolute atomic E-state index is 13.7. The predicted molar refractivity (Wildman–Crippen MR) is 169 cm³/mol. The fourth-order valence-corrected chi connectivity index (χ4v) is 5.68. The number of allylic oxidation sites excluding steroid dienone is 1. The molecule has 0 saturated heterocycles. The van der Waals surface area contributed by atoms with Crippen LogP contribution in [0.25, 0.3) is 0 Å². The van der Waals surface area contributed by atoms with Crippen molar-refractivity contribution in [2.75, 3.05) is 20.3 Å². The average molecular weight is 693 g/mol. The summed E-state index contributed by atoms with van der Waals surface area (Å²) < 4.78 is 12.5. The van der Waals surface area contributed by atoms with Crippen LogP contribution in [0, 0.1) is 10.5 Å². The molecule has 0 fully saturated rings. The number of aryl methyl sites for hydroxylation is 1. The summed E-state index contributed by atoms with van der Waals surface area (Å²) in [5.41, 5.74) is 2.98. The average Bonchev–Trinajstić information content (AvgIpc) is 2.99. The number of unbranched alkanes of at least 4 members (excludes halogenated alkanes) is 2. The summed E-state index contributed by atoms with van der Waals surface area (Å²) in [7, 11) is 1.48. The monoisotopic (exact) mass is 692 g/mol. The number of benzene rings is 2. The second-order valence-corrected chi connectivity index (χ2v) is 11.5. The van der Waals surface area contributed by atoms with Gasteiger partial charge in [0, 0.05) is 31.5 Å². The molecule has 228 valence electrons. The third-order valence-corrected chi connectivity index (χ3v) is 7.98. The molecule has 3 atom stereocenters. The van der Waals surface area contributed by atoms with Crippen molar-refractivity contribution < 1.29 is 34.4 Å². The zero-order valence-corrected chi connectivity index (χ0v) is 26.4. The van der Waals surface area contributed by atoms with E-state index < -0.39 is 24.2 Å². The predicted octanol–water partition coefficient (Wildman–Crippen LogP) is 3.79. The van der Waals surface area contributed by atoms with E-state index in [1.807, 2.05) is 37.3 Å². The topological polar surface area (TPSA) is 129 Å². The normalized spacial score (nSPS) is 18.1. The Labute approximate surface area is 261 Å². The number of ether oxygens (including phenoxy) is 2. The Morgan fingerprint density at radius 3 is 2.55 bits per heavy atom. The van der Waals surface area contributed by atoms with Gasteiger partial charge in [-0.2, -0.15) is 0 Å². The van der Waals surface area contributed by atoms with Crippen molar-refractivity contribution in [3.8, 4) is 11.5 Å². The number of nitrogens with zero attached hydrogens (tertiary/aromatic N) is 1. The number of nitrogens with one attached hydrogen (secondary N) is 1. The Kier molecular flexibility index (Phi) is 13.3. The number of methoxy groups -OCH3 is 1. The van der Waals surface area contributed by atoms with Crippen LogP contribution in [-0.2, 0) is 22.7 Å². The van der Waals surface area contributed by atoms with Gasteiger partial charge in [-0.15, -0.1) is 6.58 Å². The number of carbonyl (C=O) groups is 2. The second kappa shape index (κ2) is 16.6. The third kappa shape index (κ3) is 9.03. The van der Waals surface area contributed by atoms with Crippen LogP contribution in [-0.4, -0.2) is 70.5 Å². The van der Waals surface area contributed by atoms with Crippen molar-refractivity contribution in [1.82, 2.24) is 10.2 Å². The number of aliphatic hydroxyl groups excluding tert-OH is 3. The van der Waals surface area contributed by atoms with Gasteiger partial charge in [-0.1, -0.05) is 35.9 Å². The molecular formula is C32H41IN2O7. The second-order valence-electron chi connectivity index (χ2n) is 10.3. The molecule has 9 nitrogen and oxygen atoms in total. The van der Waals surface area contributed by atoms with E-state index in [1.54, 1.807) is 23.1 Å². The van der Waals surface area contributed by atoms with Crippen molar-refractivity contribution in [1.29, 1.82) is 0 Å². The molecule has 0 aliphatic heterocycles. The number of halogens is 1. The Morgan fingerprint density at radius 2 is 1.90 bits per heavy atom. The van der Waals surface area contributed by atoms with Crippen molar-refractivity contribution in [2.45, 2.75) is 70.4 Å². The molecule has 1 aliphatic carbocycles. The Hall–Kier alpha value is -2.93. The minimum absolute atomic E-state index is 0.0680. The zero-order valence-electron chi connectivity index (χ0n) is 24.2. The van der Waals surface area contributed by atoms with E-state index in [2.05, 4.69) is 34.5 Å². The van der Waals surface area contributed by atoms with Crippen molar-refractivity contribution in [2.24, 2.45) is 0 Å². The third-order valence-electron chi connectivity index (χ3n) is 7.18. The van der Waals surface area contributed by atoms with E-state index in [9.17, 15) is 24.9 Å². The van der Waals surface area contributed by atoms with Crippen LogP contribution in [0.5, 0.6) is 11.5 Å². The fourth-order valence-electron chi connectivity index (χ4n) is 4.88. The lowest BCUT2D eigenvalue weighted by Gasteiger charge is -2.41. The highest BCUT2D eigenvalue weighted by Gasteiger charge is 2.41. The SMILES string of the molecule is C=CCCCCC(=O)N(Cc1ccc(C)cc1)[C@@H]1CC(C(=O)NCCO)=C[C@H](Oc2c(I)cc(CO)cc2OC)[C@H]1O. The summed E-state index contributed by atoms with van der Waals surface area (Å²) in [5, 5.41) is 33.3. The highest BCUT2D eigenvalue weighted by molar-refractivity contribution is 14.1. The molecule has 0 unspecified atom stereocenters. The van der Waals surface area contributed by atoms with Gasteiger partial charge in [0.15, 0.2) is 11.5 Å². The molecule has 0 aromatic heterocycles. The molecule has 0 saturated carbocycles. The number of carbonyl (C=O) groups excluding carboxylic acids is 2. The minimum atomic E-state index is -1.17. The molecule has 4 N–H and O–H groups in total. The van der Waals surface area contributed by atoms with Crippen molar-refractivity contribution >= 4 is 34.4 Å². The summed E-state index contributed by atoms with van der Waals surface area (Å²) in [6.45, 7) is 5.66. The molecule has 1 aliphatic rings. The van der Waals surface area contributed by atoms with Gasteiger partial charge in [0.2, 0.25) is 11.8 Å². The van der Waals surface area contributed by atoms with E-state index in [-0.39, 0.29) is 38.6 Å². The van der Waals surface area contributed by atoms with Gasteiger partial charge in [-0.05, 0) is 78.1 Å². The molecule has 3 rings (SSSR count). The first-order valence-electron chi connectivity index (χ1n) is 14.1. The van der Waals surface area contributed by atoms with Crippen LogP contribution in [0.3, 0.4) is 0 Å². The van der Waals surface area contributed by atoms with E-state index >= 15 is 0 Å². The lowest BCUT2D eigenvalue weighted by atomic mass is 9.87. The summed E-state index contributed by atoms with van der Waals surface area (Å²) in [6, 6.07) is 10.5. The lowest BCUT2D eigenvalue weighted by Crippen LogP contribution is -2.54. The van der Waals surface area contributed by atoms with Crippen LogP contribution in [0.4, 0.5) is 0 Å². The van der Waals surface area contributed by atoms with Crippen LogP contribution < -0.4 is 14.8 Å². The standard InChI is InChI=1S/C32H41IN2O7/c1-4-5-6-7-8-29(38)35(19-22-11-9-21(2)10-12-22)26-17-24(32(40)34-13-14-36)18-27(30(26)39)42-31-25(33)15-23(20-37)16-28(31)41-3/h4,9-12,15-16,18,26-27,30,36-37,39H,1,5-8,13-14,17,19-20H2,2-3H3,(H,34,40)/t26-,27+,30+/m1/s1. The number of hydrogen-bond donors (Lipinski definition) is 4. The highest BCUT2D eigenvalue weighted by Crippen LogP contribution is 2.37. The molecule has 42 heavy (non-hydrogen) atoms. The Balaban J connectivity index is 2.01. The molecule has 0 heterocycles. The molecule has 2 aromatic rings. The molecule has 0 radical (unpaired) electrons. The summed E-state index contributed by atoms with van der Waals surface area (Å²) in [5.74, 6) is 0.196. The molecule has 2 amide bonds. The minimum Gasteiger partial charge on any atom is -0.493 e. The van der Waals surface area contributed by atoms with E-state index in [0.29, 0.717) is 39.0 Å². The highest BCUT2D eigenvalue weighted by atomic mass is 127. The largest absolute Gasteiger partial charge is 0.493 e. The van der Waals surface area contributed by atoms with E-state index in [0.717, 1.165) is 24.0 Å². The van der Waals surface area contributed by atoms with E-state index in [1.165, 1.54) is 7.11 Å². The summed E-state index contributed by atoms with van der Waals surface area (Å²) in [4.78, 5) is 28.5. The van der Waals surface area contributed by atoms with Crippen LogP contribution in [0.2, 0.25) is 0 Å². The molecule has 0 bridgehead atoms. The van der Waals surface area contributed by atoms with Gasteiger partial charge >= 0.3 is 0 Å². The lowest BCUT2D eigenvalue weighted by molar-refractivity contribution is -0.139. The quantitative estimate of drug-likeness (QED) is 0.127. The first-order chi connectivity index (χ1) is 20.2. The van der Waals surface area contributed by atoms with Crippen LogP contribution in [0.15, 0.2) is 60.7 Å². The zero-order chi connectivity index (χ0) is 30.6. The van der Waals surface area contributed by atoms with Gasteiger partial charge in [-0.3, -0.25) is 9.59 Å². The van der Waals surface area contributed by atoms with E-state index in [4.69, 9.17) is 9.47 Å². The maximum Gasteiger partial charge on any atom is 0.247 e. The Morgan fingerprint density at radius 1 is 1.17 bits per heavy atom. The summed E-state index contributed by atoms with van der Waals surface area (Å²) >= 11 is 2.07. The van der Waals surface area contributed by atoms with Crippen molar-refractivity contribution in [3.05, 3.63) is 81.0 Å².